The van der Waals surface area contributed by atoms with E-state index in [4.69, 9.17) is 18.5 Å². The fourth-order valence-electron chi connectivity index (χ4n) is 8.89. The van der Waals surface area contributed by atoms with Crippen LogP contribution < -0.4 is 0 Å². The molecule has 6 atom stereocenters. The summed E-state index contributed by atoms with van der Waals surface area (Å²) in [6.45, 7) is 4.33. The standard InChI is InChI=1S/C52H103O12P/c1-3-5-7-9-11-13-15-17-19-21-23-25-27-29-31-33-35-37-39-41-46(53)63-45(44-62-65(59,60)64-52-50(57)48(55)47(54)49(56)51(52)58)43-61-42-40-38-36-34-32-30-28-26-24-22-20-18-16-14-12-10-8-6-4-2/h45,47-52,54-58H,3-44H2,1-2H3,(H,59,60). The van der Waals surface area contributed by atoms with E-state index in [1.807, 2.05) is 0 Å². The van der Waals surface area contributed by atoms with Gasteiger partial charge in [0.05, 0.1) is 13.2 Å². The molecule has 0 heterocycles. The number of phosphoric acid groups is 1. The SMILES string of the molecule is CCCCCCCCCCCCCCCCCCCCCOCC(COP(=O)(O)OC1C(O)C(O)C(O)C(O)C1O)OC(=O)CCCCCCCCCCCCCCCCCCCCC. The first-order chi connectivity index (χ1) is 31.5. The van der Waals surface area contributed by atoms with Gasteiger partial charge in [-0.1, -0.05) is 245 Å². The van der Waals surface area contributed by atoms with Crippen LogP contribution in [0.4, 0.5) is 0 Å². The van der Waals surface area contributed by atoms with Crippen molar-refractivity contribution in [3.8, 4) is 0 Å². The summed E-state index contributed by atoms with van der Waals surface area (Å²) in [6, 6.07) is 0. The fourth-order valence-corrected chi connectivity index (χ4v) is 9.86. The first kappa shape index (κ1) is 62.4. The minimum absolute atomic E-state index is 0.0672. The molecule has 1 rings (SSSR count). The summed E-state index contributed by atoms with van der Waals surface area (Å²) in [7, 11) is -5.02. The molecule has 1 fully saturated rings. The second-order valence-corrected chi connectivity index (χ2v) is 20.9. The van der Waals surface area contributed by atoms with Gasteiger partial charge < -0.3 is 39.9 Å². The van der Waals surface area contributed by atoms with Crippen LogP contribution in [-0.4, -0.2) is 98.9 Å². The van der Waals surface area contributed by atoms with E-state index in [0.29, 0.717) is 13.0 Å². The summed E-state index contributed by atoms with van der Waals surface area (Å²) in [4.78, 5) is 23.3. The number of aliphatic hydroxyl groups excluding tert-OH is 5. The van der Waals surface area contributed by atoms with Gasteiger partial charge in [-0.15, -0.1) is 0 Å². The van der Waals surface area contributed by atoms with E-state index in [1.54, 1.807) is 0 Å². The minimum Gasteiger partial charge on any atom is -0.457 e. The lowest BCUT2D eigenvalue weighted by molar-refractivity contribution is -0.220. The van der Waals surface area contributed by atoms with Gasteiger partial charge in [-0.2, -0.15) is 0 Å². The van der Waals surface area contributed by atoms with Gasteiger partial charge in [-0.05, 0) is 12.8 Å². The average Bonchev–Trinajstić information content (AvgIpc) is 3.29. The summed E-state index contributed by atoms with van der Waals surface area (Å²) >= 11 is 0. The van der Waals surface area contributed by atoms with Gasteiger partial charge in [-0.25, -0.2) is 4.57 Å². The lowest BCUT2D eigenvalue weighted by atomic mass is 9.85. The Hall–Kier alpha value is -0.660. The maximum absolute atomic E-state index is 12.9. The van der Waals surface area contributed by atoms with Gasteiger partial charge in [0, 0.05) is 13.0 Å². The quantitative estimate of drug-likeness (QED) is 0.0192. The molecule has 65 heavy (non-hydrogen) atoms. The van der Waals surface area contributed by atoms with Crippen molar-refractivity contribution >= 4 is 13.8 Å². The van der Waals surface area contributed by atoms with Gasteiger partial charge in [0.2, 0.25) is 0 Å². The number of carbonyl (C=O) groups excluding carboxylic acids is 1. The molecular formula is C52H103O12P. The van der Waals surface area contributed by atoms with Crippen molar-refractivity contribution in [3.63, 3.8) is 0 Å². The molecule has 0 aromatic rings. The van der Waals surface area contributed by atoms with E-state index in [0.717, 1.165) is 38.5 Å². The van der Waals surface area contributed by atoms with E-state index in [1.165, 1.54) is 199 Å². The number of ether oxygens (including phenoxy) is 2. The number of esters is 1. The Morgan fingerprint density at radius 2 is 0.723 bits per heavy atom. The molecule has 1 aliphatic rings. The molecular weight excluding hydrogens is 848 g/mol. The number of hydrogen-bond donors (Lipinski definition) is 6. The summed E-state index contributed by atoms with van der Waals surface area (Å²) in [5, 5.41) is 50.3. The normalized spacial score (nSPS) is 21.4. The van der Waals surface area contributed by atoms with Crippen molar-refractivity contribution in [1.82, 2.24) is 0 Å². The van der Waals surface area contributed by atoms with Gasteiger partial charge in [-0.3, -0.25) is 13.8 Å². The third kappa shape index (κ3) is 35.2. The van der Waals surface area contributed by atoms with Crippen LogP contribution in [0.2, 0.25) is 0 Å². The van der Waals surface area contributed by atoms with Crippen LogP contribution in [0.1, 0.15) is 264 Å². The minimum atomic E-state index is -5.02. The number of carbonyl (C=O) groups is 1. The van der Waals surface area contributed by atoms with Crippen molar-refractivity contribution in [1.29, 1.82) is 0 Å². The molecule has 0 aromatic carbocycles. The molecule has 12 nitrogen and oxygen atoms in total. The second kappa shape index (κ2) is 43.4. The molecule has 0 bridgehead atoms. The summed E-state index contributed by atoms with van der Waals surface area (Å²) in [6.07, 6.45) is 36.0. The summed E-state index contributed by atoms with van der Waals surface area (Å²) in [5.41, 5.74) is 0. The zero-order valence-corrected chi connectivity index (χ0v) is 42.7. The number of rotatable bonds is 48. The Labute approximate surface area is 397 Å². The van der Waals surface area contributed by atoms with E-state index in [2.05, 4.69) is 13.8 Å². The smallest absolute Gasteiger partial charge is 0.457 e. The average molecular weight is 951 g/mol. The lowest BCUT2D eigenvalue weighted by Crippen LogP contribution is -2.64. The van der Waals surface area contributed by atoms with Crippen LogP contribution in [0.15, 0.2) is 0 Å². The Bertz CT molecular complexity index is 1080. The maximum atomic E-state index is 12.9. The predicted octanol–water partition coefficient (Wildman–Crippen LogP) is 12.5. The van der Waals surface area contributed by atoms with Crippen LogP contribution >= 0.6 is 7.82 Å². The summed E-state index contributed by atoms with van der Waals surface area (Å²) in [5.74, 6) is -0.468. The molecule has 1 saturated carbocycles. The van der Waals surface area contributed by atoms with Gasteiger partial charge in [0.1, 0.15) is 42.7 Å². The Kier molecular flexibility index (Phi) is 41.6. The van der Waals surface area contributed by atoms with Crippen LogP contribution in [0, 0.1) is 0 Å². The molecule has 6 N–H and O–H groups in total. The van der Waals surface area contributed by atoms with Crippen molar-refractivity contribution in [3.05, 3.63) is 0 Å². The molecule has 0 amide bonds. The highest BCUT2D eigenvalue weighted by atomic mass is 31.2. The molecule has 0 saturated heterocycles. The highest BCUT2D eigenvalue weighted by Gasteiger charge is 2.51. The Balaban J connectivity index is 2.29. The van der Waals surface area contributed by atoms with E-state index in [9.17, 15) is 39.8 Å². The molecule has 0 aromatic heterocycles. The highest BCUT2D eigenvalue weighted by molar-refractivity contribution is 7.47. The fraction of sp³-hybridized carbons (Fsp3) is 0.981. The number of unbranched alkanes of at least 4 members (excludes halogenated alkanes) is 36. The number of aliphatic hydroxyl groups is 5. The third-order valence-corrected chi connectivity index (χ3v) is 14.2. The summed E-state index contributed by atoms with van der Waals surface area (Å²) < 4.78 is 34.4. The molecule has 388 valence electrons. The lowest BCUT2D eigenvalue weighted by Gasteiger charge is -2.41. The van der Waals surface area contributed by atoms with E-state index in [-0.39, 0.29) is 13.0 Å². The van der Waals surface area contributed by atoms with Gasteiger partial charge >= 0.3 is 13.8 Å². The van der Waals surface area contributed by atoms with Crippen LogP contribution in [0.25, 0.3) is 0 Å². The molecule has 0 spiro atoms. The topological polar surface area (TPSA) is 192 Å². The van der Waals surface area contributed by atoms with E-state index >= 15 is 0 Å². The van der Waals surface area contributed by atoms with Crippen molar-refractivity contribution in [2.24, 2.45) is 0 Å². The third-order valence-electron chi connectivity index (χ3n) is 13.2. The zero-order chi connectivity index (χ0) is 47.6. The van der Waals surface area contributed by atoms with Crippen molar-refractivity contribution in [2.75, 3.05) is 19.8 Å². The monoisotopic (exact) mass is 951 g/mol. The van der Waals surface area contributed by atoms with Crippen LogP contribution in [-0.2, 0) is 27.9 Å². The first-order valence-electron chi connectivity index (χ1n) is 27.4. The highest BCUT2D eigenvalue weighted by Crippen LogP contribution is 2.47. The Morgan fingerprint density at radius 1 is 0.431 bits per heavy atom. The number of hydrogen-bond acceptors (Lipinski definition) is 11. The van der Waals surface area contributed by atoms with Gasteiger partial charge in [0.15, 0.2) is 0 Å². The van der Waals surface area contributed by atoms with Crippen LogP contribution in [0.5, 0.6) is 0 Å². The zero-order valence-electron chi connectivity index (χ0n) is 41.8. The molecule has 13 heteroatoms. The first-order valence-corrected chi connectivity index (χ1v) is 28.9. The molecule has 0 radical (unpaired) electrons. The maximum Gasteiger partial charge on any atom is 0.472 e. The predicted molar refractivity (Wildman–Crippen MR) is 263 cm³/mol. The molecule has 1 aliphatic carbocycles. The van der Waals surface area contributed by atoms with Crippen molar-refractivity contribution < 1.29 is 58.3 Å². The van der Waals surface area contributed by atoms with Crippen LogP contribution in [0.3, 0.4) is 0 Å². The van der Waals surface area contributed by atoms with Gasteiger partial charge in [0.25, 0.3) is 0 Å². The second-order valence-electron chi connectivity index (χ2n) is 19.5. The van der Waals surface area contributed by atoms with E-state index < -0.39 is 63.1 Å². The molecule has 0 aliphatic heterocycles. The van der Waals surface area contributed by atoms with Crippen molar-refractivity contribution in [2.45, 2.75) is 307 Å². The number of phosphoric ester groups is 1. The Morgan fingerprint density at radius 3 is 1.06 bits per heavy atom. The molecule has 6 unspecified atom stereocenters. The largest absolute Gasteiger partial charge is 0.472 e.